The number of halogens is 4. The lowest BCUT2D eigenvalue weighted by Crippen LogP contribution is -2.24. The van der Waals surface area contributed by atoms with Crippen LogP contribution in [0.25, 0.3) is 0 Å². The van der Waals surface area contributed by atoms with Gasteiger partial charge in [-0.2, -0.15) is 18.3 Å². The lowest BCUT2D eigenvalue weighted by atomic mass is 10.3. The SMILES string of the molecule is OC(COc1ccc(F)cc1)Cn1ccc(C(F)(F)F)n1. The number of hydrogen-bond acceptors (Lipinski definition) is 3. The van der Waals surface area contributed by atoms with Crippen LogP contribution in [0.2, 0.25) is 0 Å². The lowest BCUT2D eigenvalue weighted by molar-refractivity contribution is -0.141. The second kappa shape index (κ2) is 6.13. The molecule has 0 fully saturated rings. The van der Waals surface area contributed by atoms with E-state index in [2.05, 4.69) is 5.10 Å². The minimum absolute atomic E-state index is 0.142. The van der Waals surface area contributed by atoms with Crippen molar-refractivity contribution in [3.05, 3.63) is 48.0 Å². The molecule has 4 nitrogen and oxygen atoms in total. The molecule has 0 saturated carbocycles. The second-order valence-electron chi connectivity index (χ2n) is 4.34. The zero-order valence-corrected chi connectivity index (χ0v) is 10.7. The molecule has 0 aliphatic heterocycles. The molecule has 0 aliphatic rings. The molecular formula is C13H12F4N2O2. The molecule has 0 saturated heterocycles. The summed E-state index contributed by atoms with van der Waals surface area (Å²) in [6, 6.07) is 6.00. The molecule has 1 aromatic carbocycles. The monoisotopic (exact) mass is 304 g/mol. The number of ether oxygens (including phenoxy) is 1. The molecule has 2 rings (SSSR count). The van der Waals surface area contributed by atoms with E-state index in [0.717, 1.165) is 16.9 Å². The molecule has 114 valence electrons. The van der Waals surface area contributed by atoms with E-state index in [1.54, 1.807) is 0 Å². The van der Waals surface area contributed by atoms with E-state index in [-0.39, 0.29) is 13.2 Å². The summed E-state index contributed by atoms with van der Waals surface area (Å²) in [5, 5.41) is 13.0. The first-order valence-corrected chi connectivity index (χ1v) is 6.01. The summed E-state index contributed by atoms with van der Waals surface area (Å²) in [5.74, 6) is -0.0639. The molecule has 1 heterocycles. The van der Waals surface area contributed by atoms with E-state index in [4.69, 9.17) is 4.74 Å². The van der Waals surface area contributed by atoms with Crippen molar-refractivity contribution in [2.75, 3.05) is 6.61 Å². The normalized spacial score (nSPS) is 13.2. The number of benzene rings is 1. The average molecular weight is 304 g/mol. The fourth-order valence-electron chi connectivity index (χ4n) is 1.61. The van der Waals surface area contributed by atoms with Crippen LogP contribution in [-0.4, -0.2) is 27.6 Å². The van der Waals surface area contributed by atoms with Crippen LogP contribution in [0.1, 0.15) is 5.69 Å². The molecule has 1 unspecified atom stereocenters. The Kier molecular flexibility index (Phi) is 4.46. The van der Waals surface area contributed by atoms with Gasteiger partial charge in [-0.3, -0.25) is 4.68 Å². The molecular weight excluding hydrogens is 292 g/mol. The fraction of sp³-hybridized carbons (Fsp3) is 0.308. The van der Waals surface area contributed by atoms with Crippen LogP contribution in [0.3, 0.4) is 0 Å². The first-order valence-electron chi connectivity index (χ1n) is 6.01. The van der Waals surface area contributed by atoms with Gasteiger partial charge in [-0.25, -0.2) is 4.39 Å². The molecule has 21 heavy (non-hydrogen) atoms. The Balaban J connectivity index is 1.85. The summed E-state index contributed by atoms with van der Waals surface area (Å²) < 4.78 is 55.9. The Morgan fingerprint density at radius 3 is 2.43 bits per heavy atom. The smallest absolute Gasteiger partial charge is 0.435 e. The Morgan fingerprint density at radius 1 is 1.19 bits per heavy atom. The van der Waals surface area contributed by atoms with Gasteiger partial charge in [0.25, 0.3) is 0 Å². The highest BCUT2D eigenvalue weighted by atomic mass is 19.4. The quantitative estimate of drug-likeness (QED) is 0.863. The van der Waals surface area contributed by atoms with Gasteiger partial charge in [0.1, 0.15) is 24.3 Å². The molecule has 0 amide bonds. The van der Waals surface area contributed by atoms with Crippen molar-refractivity contribution in [2.45, 2.75) is 18.8 Å². The zero-order valence-electron chi connectivity index (χ0n) is 10.7. The van der Waals surface area contributed by atoms with Crippen molar-refractivity contribution in [3.63, 3.8) is 0 Å². The van der Waals surface area contributed by atoms with Crippen LogP contribution in [0.15, 0.2) is 36.5 Å². The topological polar surface area (TPSA) is 47.3 Å². The summed E-state index contributed by atoms with van der Waals surface area (Å²) >= 11 is 0. The van der Waals surface area contributed by atoms with Crippen LogP contribution in [0.4, 0.5) is 17.6 Å². The van der Waals surface area contributed by atoms with Gasteiger partial charge >= 0.3 is 6.18 Å². The van der Waals surface area contributed by atoms with Crippen LogP contribution in [0.5, 0.6) is 5.75 Å². The maximum atomic E-state index is 12.7. The highest BCUT2D eigenvalue weighted by Gasteiger charge is 2.33. The molecule has 1 atom stereocenters. The van der Waals surface area contributed by atoms with Gasteiger partial charge in [0.2, 0.25) is 0 Å². The van der Waals surface area contributed by atoms with Crippen molar-refractivity contribution in [3.8, 4) is 5.75 Å². The number of aliphatic hydroxyl groups is 1. The summed E-state index contributed by atoms with van der Waals surface area (Å²) in [6.45, 7) is -0.288. The second-order valence-corrected chi connectivity index (χ2v) is 4.34. The molecule has 1 N–H and O–H groups in total. The van der Waals surface area contributed by atoms with Gasteiger partial charge in [0.05, 0.1) is 6.54 Å². The van der Waals surface area contributed by atoms with Gasteiger partial charge in [0, 0.05) is 6.20 Å². The first-order chi connectivity index (χ1) is 9.84. The Hall–Kier alpha value is -2.09. The van der Waals surface area contributed by atoms with Gasteiger partial charge in [0.15, 0.2) is 5.69 Å². The minimum Gasteiger partial charge on any atom is -0.491 e. The third-order valence-electron chi connectivity index (χ3n) is 2.58. The minimum atomic E-state index is -4.51. The van der Waals surface area contributed by atoms with Crippen LogP contribution >= 0.6 is 0 Å². The summed E-state index contributed by atoms with van der Waals surface area (Å²) in [6.07, 6.45) is -4.43. The molecule has 0 bridgehead atoms. The third-order valence-corrected chi connectivity index (χ3v) is 2.58. The number of nitrogens with zero attached hydrogens (tertiary/aromatic N) is 2. The van der Waals surface area contributed by atoms with E-state index in [9.17, 15) is 22.7 Å². The average Bonchev–Trinajstić information content (AvgIpc) is 2.86. The predicted molar refractivity (Wildman–Crippen MR) is 65.1 cm³/mol. The zero-order chi connectivity index (χ0) is 15.5. The largest absolute Gasteiger partial charge is 0.491 e. The summed E-state index contributed by atoms with van der Waals surface area (Å²) in [4.78, 5) is 0. The van der Waals surface area contributed by atoms with E-state index in [1.165, 1.54) is 24.3 Å². The number of alkyl halides is 3. The maximum Gasteiger partial charge on any atom is 0.435 e. The molecule has 0 spiro atoms. The molecule has 0 radical (unpaired) electrons. The van der Waals surface area contributed by atoms with E-state index >= 15 is 0 Å². The van der Waals surface area contributed by atoms with Crippen LogP contribution < -0.4 is 4.74 Å². The molecule has 8 heteroatoms. The van der Waals surface area contributed by atoms with E-state index in [1.807, 2.05) is 0 Å². The summed E-state index contributed by atoms with van der Waals surface area (Å²) in [7, 11) is 0. The Bertz CT molecular complexity index is 581. The molecule has 2 aromatic rings. The van der Waals surface area contributed by atoms with Gasteiger partial charge in [-0.1, -0.05) is 0 Å². The number of aromatic nitrogens is 2. The Morgan fingerprint density at radius 2 is 1.86 bits per heavy atom. The lowest BCUT2D eigenvalue weighted by Gasteiger charge is -2.12. The van der Waals surface area contributed by atoms with Crippen LogP contribution in [0, 0.1) is 5.82 Å². The van der Waals surface area contributed by atoms with Gasteiger partial charge < -0.3 is 9.84 Å². The van der Waals surface area contributed by atoms with Crippen molar-refractivity contribution in [1.82, 2.24) is 9.78 Å². The molecule has 1 aromatic heterocycles. The molecule has 0 aliphatic carbocycles. The van der Waals surface area contributed by atoms with Gasteiger partial charge in [-0.05, 0) is 30.3 Å². The fourth-order valence-corrected chi connectivity index (χ4v) is 1.61. The number of hydrogen-bond donors (Lipinski definition) is 1. The highest BCUT2D eigenvalue weighted by Crippen LogP contribution is 2.27. The highest BCUT2D eigenvalue weighted by molar-refractivity contribution is 5.22. The standard InChI is InChI=1S/C13H12F4N2O2/c14-9-1-3-11(4-2-9)21-8-10(20)7-19-6-5-12(18-19)13(15,16)17/h1-6,10,20H,7-8H2. The van der Waals surface area contributed by atoms with Crippen molar-refractivity contribution in [1.29, 1.82) is 0 Å². The van der Waals surface area contributed by atoms with Crippen molar-refractivity contribution >= 4 is 0 Å². The third kappa shape index (κ3) is 4.45. The van der Waals surface area contributed by atoms with E-state index < -0.39 is 23.8 Å². The van der Waals surface area contributed by atoms with E-state index in [0.29, 0.717) is 5.75 Å². The predicted octanol–water partition coefficient (Wildman–Crippen LogP) is 2.48. The Labute approximate surface area is 117 Å². The van der Waals surface area contributed by atoms with Crippen molar-refractivity contribution in [2.24, 2.45) is 0 Å². The van der Waals surface area contributed by atoms with Crippen LogP contribution in [-0.2, 0) is 12.7 Å². The van der Waals surface area contributed by atoms with Crippen molar-refractivity contribution < 1.29 is 27.4 Å². The maximum absolute atomic E-state index is 12.7. The summed E-state index contributed by atoms with van der Waals surface area (Å²) in [5.41, 5.74) is -1.02. The number of rotatable bonds is 5. The number of aliphatic hydroxyl groups excluding tert-OH is 1. The van der Waals surface area contributed by atoms with Gasteiger partial charge in [-0.15, -0.1) is 0 Å². The first kappa shape index (κ1) is 15.3.